The normalized spacial score (nSPS) is 21.8. The van der Waals surface area contributed by atoms with Crippen LogP contribution in [0.3, 0.4) is 0 Å². The maximum absolute atomic E-state index is 12.8. The molecule has 0 aliphatic carbocycles. The Morgan fingerprint density at radius 2 is 1.93 bits per heavy atom. The van der Waals surface area contributed by atoms with Crippen LogP contribution in [0.2, 0.25) is 0 Å². The van der Waals surface area contributed by atoms with E-state index in [0.717, 1.165) is 31.4 Å². The van der Waals surface area contributed by atoms with E-state index in [9.17, 15) is 4.79 Å². The predicted octanol–water partition coefficient (Wildman–Crippen LogP) is 2.41. The third-order valence-electron chi connectivity index (χ3n) is 5.46. The number of rotatable bonds is 3. The van der Waals surface area contributed by atoms with Crippen molar-refractivity contribution in [2.45, 2.75) is 44.3 Å². The lowest BCUT2D eigenvalue weighted by atomic mass is 9.83. The van der Waals surface area contributed by atoms with Crippen LogP contribution in [0.15, 0.2) is 36.8 Å². The fourth-order valence-electron chi connectivity index (χ4n) is 3.93. The third-order valence-corrected chi connectivity index (χ3v) is 5.46. The van der Waals surface area contributed by atoms with Crippen molar-refractivity contribution in [2.75, 3.05) is 19.7 Å². The summed E-state index contributed by atoms with van der Waals surface area (Å²) in [5.74, 6) is 0.0525. The second-order valence-corrected chi connectivity index (χ2v) is 7.22. The lowest BCUT2D eigenvalue weighted by Gasteiger charge is -2.45. The molecule has 4 rings (SSSR count). The standard InChI is InChI=1S/C20H24N4O3/c1-15-17(4-2-8-21-15)18(25)24-11-6-20(7-12-24)14-16(5-13-26-20)27-19-22-9-3-10-23-19/h2-4,8-10,16H,5-7,11-14H2,1H3. The molecule has 142 valence electrons. The van der Waals surface area contributed by atoms with Gasteiger partial charge in [-0.05, 0) is 38.0 Å². The molecule has 7 nitrogen and oxygen atoms in total. The molecule has 1 spiro atoms. The first-order valence-corrected chi connectivity index (χ1v) is 9.44. The van der Waals surface area contributed by atoms with Crippen LogP contribution in [0.5, 0.6) is 6.01 Å². The van der Waals surface area contributed by atoms with Gasteiger partial charge in [0.2, 0.25) is 0 Å². The van der Waals surface area contributed by atoms with Crippen LogP contribution in [0.4, 0.5) is 0 Å². The average Bonchev–Trinajstić information content (AvgIpc) is 2.69. The number of carbonyl (C=O) groups excluding carboxylic acids is 1. The molecule has 27 heavy (non-hydrogen) atoms. The van der Waals surface area contributed by atoms with Crippen molar-refractivity contribution >= 4 is 5.91 Å². The molecule has 2 aromatic heterocycles. The Balaban J connectivity index is 1.37. The fraction of sp³-hybridized carbons (Fsp3) is 0.500. The number of ether oxygens (including phenoxy) is 2. The molecular weight excluding hydrogens is 344 g/mol. The van der Waals surface area contributed by atoms with Crippen molar-refractivity contribution in [3.05, 3.63) is 48.0 Å². The number of aryl methyl sites for hydroxylation is 1. The Morgan fingerprint density at radius 3 is 2.67 bits per heavy atom. The van der Waals surface area contributed by atoms with Crippen LogP contribution in [0.25, 0.3) is 0 Å². The minimum atomic E-state index is -0.224. The van der Waals surface area contributed by atoms with Gasteiger partial charge in [-0.15, -0.1) is 0 Å². The second-order valence-electron chi connectivity index (χ2n) is 7.22. The van der Waals surface area contributed by atoms with Gasteiger partial charge in [0, 0.05) is 50.2 Å². The predicted molar refractivity (Wildman–Crippen MR) is 98.5 cm³/mol. The van der Waals surface area contributed by atoms with Crippen LogP contribution >= 0.6 is 0 Å². The zero-order valence-electron chi connectivity index (χ0n) is 15.5. The van der Waals surface area contributed by atoms with Gasteiger partial charge in [0.25, 0.3) is 5.91 Å². The molecule has 0 N–H and O–H groups in total. The summed E-state index contributed by atoms with van der Waals surface area (Å²) >= 11 is 0. The highest BCUT2D eigenvalue weighted by molar-refractivity contribution is 5.95. The van der Waals surface area contributed by atoms with E-state index in [1.807, 2.05) is 24.0 Å². The first-order valence-electron chi connectivity index (χ1n) is 9.44. The number of nitrogens with zero attached hydrogens (tertiary/aromatic N) is 4. The number of carbonyl (C=O) groups is 1. The number of hydrogen-bond acceptors (Lipinski definition) is 6. The van der Waals surface area contributed by atoms with Crippen molar-refractivity contribution < 1.29 is 14.3 Å². The SMILES string of the molecule is Cc1ncccc1C(=O)N1CCC2(CC1)CC(Oc1ncccn1)CCO2. The molecule has 2 aliphatic heterocycles. The van der Waals surface area contributed by atoms with E-state index >= 15 is 0 Å². The lowest BCUT2D eigenvalue weighted by molar-refractivity contribution is -0.136. The maximum atomic E-state index is 12.8. The van der Waals surface area contributed by atoms with Crippen molar-refractivity contribution in [1.29, 1.82) is 0 Å². The van der Waals surface area contributed by atoms with Gasteiger partial charge in [-0.2, -0.15) is 0 Å². The maximum Gasteiger partial charge on any atom is 0.316 e. The van der Waals surface area contributed by atoms with E-state index in [0.29, 0.717) is 31.3 Å². The summed E-state index contributed by atoms with van der Waals surface area (Å²) in [6.07, 6.45) is 8.38. The average molecular weight is 368 g/mol. The van der Waals surface area contributed by atoms with Gasteiger partial charge in [-0.3, -0.25) is 9.78 Å². The molecule has 2 aliphatic rings. The van der Waals surface area contributed by atoms with Crippen LogP contribution < -0.4 is 4.74 Å². The molecular formula is C20H24N4O3. The molecule has 2 aromatic rings. The number of hydrogen-bond donors (Lipinski definition) is 0. The van der Waals surface area contributed by atoms with Gasteiger partial charge >= 0.3 is 6.01 Å². The highest BCUT2D eigenvalue weighted by Crippen LogP contribution is 2.36. The summed E-state index contributed by atoms with van der Waals surface area (Å²) in [6, 6.07) is 5.84. The number of likely N-dealkylation sites (tertiary alicyclic amines) is 1. The van der Waals surface area contributed by atoms with Crippen molar-refractivity contribution in [1.82, 2.24) is 19.9 Å². The molecule has 7 heteroatoms. The van der Waals surface area contributed by atoms with Gasteiger partial charge in [0.05, 0.1) is 17.8 Å². The molecule has 0 aromatic carbocycles. The van der Waals surface area contributed by atoms with Crippen LogP contribution in [-0.2, 0) is 4.74 Å². The van der Waals surface area contributed by atoms with Gasteiger partial charge < -0.3 is 14.4 Å². The molecule has 1 unspecified atom stereocenters. The van der Waals surface area contributed by atoms with Crippen LogP contribution in [-0.4, -0.2) is 57.2 Å². The Morgan fingerprint density at radius 1 is 1.19 bits per heavy atom. The first kappa shape index (κ1) is 17.9. The monoisotopic (exact) mass is 368 g/mol. The Kier molecular flexibility index (Phi) is 5.03. The first-order chi connectivity index (χ1) is 13.2. The molecule has 2 fully saturated rings. The number of amides is 1. The van der Waals surface area contributed by atoms with E-state index in [1.54, 1.807) is 24.7 Å². The minimum absolute atomic E-state index is 0.0453. The van der Waals surface area contributed by atoms with E-state index < -0.39 is 0 Å². The largest absolute Gasteiger partial charge is 0.460 e. The highest BCUT2D eigenvalue weighted by atomic mass is 16.5. The summed E-state index contributed by atoms with van der Waals surface area (Å²) < 4.78 is 12.1. The zero-order chi connectivity index (χ0) is 18.7. The van der Waals surface area contributed by atoms with Gasteiger partial charge in [-0.25, -0.2) is 9.97 Å². The van der Waals surface area contributed by atoms with E-state index in [2.05, 4.69) is 15.0 Å². The zero-order valence-corrected chi connectivity index (χ0v) is 15.5. The third kappa shape index (κ3) is 3.93. The number of pyridine rings is 1. The smallest absolute Gasteiger partial charge is 0.316 e. The highest BCUT2D eigenvalue weighted by Gasteiger charge is 2.42. The Hall–Kier alpha value is -2.54. The van der Waals surface area contributed by atoms with Gasteiger partial charge in [0.1, 0.15) is 6.10 Å². The summed E-state index contributed by atoms with van der Waals surface area (Å²) in [5.41, 5.74) is 1.23. The Bertz CT molecular complexity index is 791. The van der Waals surface area contributed by atoms with Crippen LogP contribution in [0.1, 0.15) is 41.7 Å². The summed E-state index contributed by atoms with van der Waals surface area (Å²) in [7, 11) is 0. The van der Waals surface area contributed by atoms with E-state index in [1.165, 1.54) is 0 Å². The lowest BCUT2D eigenvalue weighted by Crippen LogP contribution is -2.52. The van der Waals surface area contributed by atoms with Crippen molar-refractivity contribution in [3.8, 4) is 6.01 Å². The Labute approximate surface area is 158 Å². The molecule has 0 bridgehead atoms. The molecule has 0 radical (unpaired) electrons. The molecule has 4 heterocycles. The molecule has 0 saturated carbocycles. The molecule has 2 saturated heterocycles. The topological polar surface area (TPSA) is 77.4 Å². The minimum Gasteiger partial charge on any atom is -0.460 e. The van der Waals surface area contributed by atoms with E-state index in [4.69, 9.17) is 9.47 Å². The summed E-state index contributed by atoms with van der Waals surface area (Å²) in [4.78, 5) is 27.2. The summed E-state index contributed by atoms with van der Waals surface area (Å²) in [5, 5.41) is 0. The van der Waals surface area contributed by atoms with Crippen LogP contribution in [0, 0.1) is 6.92 Å². The second kappa shape index (κ2) is 7.60. The molecule has 1 atom stereocenters. The van der Waals surface area contributed by atoms with Gasteiger partial charge in [0.15, 0.2) is 0 Å². The molecule has 1 amide bonds. The van der Waals surface area contributed by atoms with Gasteiger partial charge in [-0.1, -0.05) is 0 Å². The number of piperidine rings is 1. The van der Waals surface area contributed by atoms with Crippen molar-refractivity contribution in [3.63, 3.8) is 0 Å². The van der Waals surface area contributed by atoms with E-state index in [-0.39, 0.29) is 17.6 Å². The summed E-state index contributed by atoms with van der Waals surface area (Å²) in [6.45, 7) is 3.90. The fourth-order valence-corrected chi connectivity index (χ4v) is 3.93. The number of aromatic nitrogens is 3. The quantitative estimate of drug-likeness (QED) is 0.828. The van der Waals surface area contributed by atoms with Crippen molar-refractivity contribution in [2.24, 2.45) is 0 Å².